The number of thiophene rings is 1. The summed E-state index contributed by atoms with van der Waals surface area (Å²) < 4.78 is 5.10. The lowest BCUT2D eigenvalue weighted by Gasteiger charge is -2.19. The third-order valence-corrected chi connectivity index (χ3v) is 4.54. The van der Waals surface area contributed by atoms with Crippen LogP contribution < -0.4 is 10.6 Å². The van der Waals surface area contributed by atoms with Gasteiger partial charge in [-0.3, -0.25) is 4.79 Å². The SMILES string of the molecule is Cc1ccc(-c2csc(NC(=O)CCNC(=O)OC(C)(C)C)n2)s1. The first-order valence-corrected chi connectivity index (χ1v) is 9.21. The molecule has 0 atom stereocenters. The van der Waals surface area contributed by atoms with Gasteiger partial charge in [-0.05, 0) is 39.8 Å². The zero-order valence-corrected chi connectivity index (χ0v) is 15.8. The van der Waals surface area contributed by atoms with Crippen LogP contribution in [0.5, 0.6) is 0 Å². The molecule has 0 spiro atoms. The summed E-state index contributed by atoms with van der Waals surface area (Å²) in [6, 6.07) is 4.06. The normalized spacial score (nSPS) is 11.2. The number of hydrogen-bond acceptors (Lipinski definition) is 6. The molecule has 0 aliphatic carbocycles. The van der Waals surface area contributed by atoms with Gasteiger partial charge in [0.15, 0.2) is 5.13 Å². The van der Waals surface area contributed by atoms with Crippen molar-refractivity contribution in [2.45, 2.75) is 39.7 Å². The molecule has 2 amide bonds. The lowest BCUT2D eigenvalue weighted by Crippen LogP contribution is -2.34. The van der Waals surface area contributed by atoms with Crippen molar-refractivity contribution in [3.8, 4) is 10.6 Å². The van der Waals surface area contributed by atoms with Gasteiger partial charge < -0.3 is 15.4 Å². The van der Waals surface area contributed by atoms with Gasteiger partial charge in [0.2, 0.25) is 5.91 Å². The topological polar surface area (TPSA) is 80.3 Å². The molecule has 0 aromatic carbocycles. The molecular weight excluding hydrogens is 346 g/mol. The summed E-state index contributed by atoms with van der Waals surface area (Å²) >= 11 is 3.05. The van der Waals surface area contributed by atoms with E-state index in [0.29, 0.717) is 5.13 Å². The van der Waals surface area contributed by atoms with Gasteiger partial charge in [0.05, 0.1) is 10.6 Å². The molecule has 2 aromatic heterocycles. The largest absolute Gasteiger partial charge is 0.444 e. The van der Waals surface area contributed by atoms with Gasteiger partial charge >= 0.3 is 6.09 Å². The van der Waals surface area contributed by atoms with Gasteiger partial charge in [0.1, 0.15) is 5.60 Å². The van der Waals surface area contributed by atoms with Crippen molar-refractivity contribution in [1.29, 1.82) is 0 Å². The smallest absolute Gasteiger partial charge is 0.407 e. The minimum absolute atomic E-state index is 0.159. The molecule has 24 heavy (non-hydrogen) atoms. The van der Waals surface area contributed by atoms with Crippen molar-refractivity contribution in [1.82, 2.24) is 10.3 Å². The van der Waals surface area contributed by atoms with E-state index in [1.54, 1.807) is 32.1 Å². The Balaban J connectivity index is 1.77. The molecule has 2 heterocycles. The van der Waals surface area contributed by atoms with Crippen LogP contribution in [-0.4, -0.2) is 29.1 Å². The van der Waals surface area contributed by atoms with Crippen LogP contribution in [-0.2, 0) is 9.53 Å². The van der Waals surface area contributed by atoms with E-state index < -0.39 is 11.7 Å². The Hall–Kier alpha value is -1.93. The Bertz CT molecular complexity index is 716. The molecule has 2 rings (SSSR count). The number of rotatable bonds is 5. The maximum Gasteiger partial charge on any atom is 0.407 e. The standard InChI is InChI=1S/C16H21N3O3S2/c1-10-5-6-12(24-10)11-9-23-14(18-11)19-13(20)7-8-17-15(21)22-16(2,3)4/h5-6,9H,7-8H2,1-4H3,(H,17,21)(H,18,19,20). The molecule has 0 unspecified atom stereocenters. The van der Waals surface area contributed by atoms with Crippen LogP contribution >= 0.6 is 22.7 Å². The first-order valence-electron chi connectivity index (χ1n) is 7.52. The number of ether oxygens (including phenoxy) is 1. The van der Waals surface area contributed by atoms with E-state index in [0.717, 1.165) is 10.6 Å². The van der Waals surface area contributed by atoms with Gasteiger partial charge in [-0.2, -0.15) is 0 Å². The van der Waals surface area contributed by atoms with E-state index >= 15 is 0 Å². The van der Waals surface area contributed by atoms with Gasteiger partial charge in [0, 0.05) is 23.2 Å². The zero-order valence-electron chi connectivity index (χ0n) is 14.1. The molecule has 2 aromatic rings. The average Bonchev–Trinajstić information content (AvgIpc) is 3.05. The number of nitrogens with zero attached hydrogens (tertiary/aromatic N) is 1. The third-order valence-electron chi connectivity index (χ3n) is 2.76. The van der Waals surface area contributed by atoms with Crippen LogP contribution in [0, 0.1) is 6.92 Å². The van der Waals surface area contributed by atoms with Crippen LogP contribution in [0.4, 0.5) is 9.93 Å². The minimum atomic E-state index is -0.552. The Morgan fingerprint density at radius 3 is 2.67 bits per heavy atom. The van der Waals surface area contributed by atoms with Crippen molar-refractivity contribution in [2.75, 3.05) is 11.9 Å². The van der Waals surface area contributed by atoms with E-state index in [9.17, 15) is 9.59 Å². The highest BCUT2D eigenvalue weighted by atomic mass is 32.1. The van der Waals surface area contributed by atoms with Crippen LogP contribution in [0.25, 0.3) is 10.6 Å². The summed E-state index contributed by atoms with van der Waals surface area (Å²) in [5.41, 5.74) is 0.310. The number of nitrogens with one attached hydrogen (secondary N) is 2. The lowest BCUT2D eigenvalue weighted by atomic mass is 10.2. The van der Waals surface area contributed by atoms with Crippen LogP contribution in [0.15, 0.2) is 17.5 Å². The van der Waals surface area contributed by atoms with Gasteiger partial charge in [-0.15, -0.1) is 22.7 Å². The molecule has 2 N–H and O–H groups in total. The highest BCUT2D eigenvalue weighted by Crippen LogP contribution is 2.30. The summed E-state index contributed by atoms with van der Waals surface area (Å²) in [4.78, 5) is 30.1. The predicted octanol–water partition coefficient (Wildman–Crippen LogP) is 4.03. The number of thiazole rings is 1. The number of aromatic nitrogens is 1. The summed E-state index contributed by atoms with van der Waals surface area (Å²) in [6.45, 7) is 7.61. The van der Waals surface area contributed by atoms with E-state index in [-0.39, 0.29) is 18.9 Å². The molecule has 0 fully saturated rings. The second-order valence-electron chi connectivity index (χ2n) is 6.18. The molecule has 0 bridgehead atoms. The van der Waals surface area contributed by atoms with E-state index in [1.165, 1.54) is 16.2 Å². The molecule has 0 aliphatic heterocycles. The molecule has 0 aliphatic rings. The highest BCUT2D eigenvalue weighted by Gasteiger charge is 2.16. The Labute approximate surface area is 149 Å². The first kappa shape index (κ1) is 18.4. The van der Waals surface area contributed by atoms with Crippen molar-refractivity contribution in [2.24, 2.45) is 0 Å². The molecule has 0 saturated carbocycles. The minimum Gasteiger partial charge on any atom is -0.444 e. The quantitative estimate of drug-likeness (QED) is 0.836. The van der Waals surface area contributed by atoms with Crippen molar-refractivity contribution in [3.63, 3.8) is 0 Å². The number of amides is 2. The number of anilines is 1. The molecule has 6 nitrogen and oxygen atoms in total. The van der Waals surface area contributed by atoms with Crippen LogP contribution in [0.2, 0.25) is 0 Å². The lowest BCUT2D eigenvalue weighted by molar-refractivity contribution is -0.116. The van der Waals surface area contributed by atoms with Gasteiger partial charge in [-0.25, -0.2) is 9.78 Å². The number of alkyl carbamates (subject to hydrolysis) is 1. The predicted molar refractivity (Wildman–Crippen MR) is 97.6 cm³/mol. The molecular formula is C16H21N3O3S2. The monoisotopic (exact) mass is 367 g/mol. The summed E-state index contributed by atoms with van der Waals surface area (Å²) in [5, 5.41) is 7.76. The average molecular weight is 367 g/mol. The summed E-state index contributed by atoms with van der Waals surface area (Å²) in [7, 11) is 0. The molecule has 130 valence electrons. The fourth-order valence-corrected chi connectivity index (χ4v) is 3.42. The molecule has 8 heteroatoms. The number of carbonyl (C=O) groups is 2. The van der Waals surface area contributed by atoms with E-state index in [1.807, 2.05) is 24.4 Å². The Morgan fingerprint density at radius 1 is 1.29 bits per heavy atom. The fraction of sp³-hybridized carbons (Fsp3) is 0.438. The number of aryl methyl sites for hydroxylation is 1. The fourth-order valence-electron chi connectivity index (χ4n) is 1.79. The first-order chi connectivity index (χ1) is 11.2. The van der Waals surface area contributed by atoms with Crippen LogP contribution in [0.3, 0.4) is 0 Å². The van der Waals surface area contributed by atoms with Gasteiger partial charge in [-0.1, -0.05) is 0 Å². The number of carbonyl (C=O) groups excluding carboxylic acids is 2. The maximum absolute atomic E-state index is 11.9. The van der Waals surface area contributed by atoms with Crippen molar-refractivity contribution >= 4 is 39.8 Å². The summed E-state index contributed by atoms with van der Waals surface area (Å²) in [5.74, 6) is -0.200. The van der Waals surface area contributed by atoms with Crippen molar-refractivity contribution < 1.29 is 14.3 Å². The van der Waals surface area contributed by atoms with E-state index in [4.69, 9.17) is 4.74 Å². The second-order valence-corrected chi connectivity index (χ2v) is 8.32. The molecule has 0 radical (unpaired) electrons. The second kappa shape index (κ2) is 7.76. The highest BCUT2D eigenvalue weighted by molar-refractivity contribution is 7.17. The maximum atomic E-state index is 11.9. The van der Waals surface area contributed by atoms with Crippen LogP contribution in [0.1, 0.15) is 32.1 Å². The zero-order chi connectivity index (χ0) is 17.7. The van der Waals surface area contributed by atoms with Crippen molar-refractivity contribution in [3.05, 3.63) is 22.4 Å². The third kappa shape index (κ3) is 5.93. The van der Waals surface area contributed by atoms with E-state index in [2.05, 4.69) is 15.6 Å². The summed E-state index contributed by atoms with van der Waals surface area (Å²) in [6.07, 6.45) is -0.369. The number of hydrogen-bond donors (Lipinski definition) is 2. The molecule has 0 saturated heterocycles. The van der Waals surface area contributed by atoms with Gasteiger partial charge in [0.25, 0.3) is 0 Å². The Kier molecular flexibility index (Phi) is 5.95. The Morgan fingerprint density at radius 2 is 2.04 bits per heavy atom.